The minimum Gasteiger partial charge on any atom is -0.318 e. The van der Waals surface area contributed by atoms with Crippen molar-refractivity contribution in [2.45, 2.75) is 52.0 Å². The van der Waals surface area contributed by atoms with E-state index in [1.165, 1.54) is 23.1 Å². The third-order valence-corrected chi connectivity index (χ3v) is 6.16. The molecule has 1 aromatic heterocycles. The molecule has 0 spiro atoms. The zero-order chi connectivity index (χ0) is 23.0. The Bertz CT molecular complexity index is 1140. The van der Waals surface area contributed by atoms with Crippen molar-refractivity contribution in [1.82, 2.24) is 14.8 Å². The molecule has 2 fully saturated rings. The van der Waals surface area contributed by atoms with Crippen LogP contribution in [0.25, 0.3) is 11.8 Å². The molecular weight excluding hydrogens is 412 g/mol. The second kappa shape index (κ2) is 8.41. The number of non-ortho nitro benzene ring substituents is 1. The summed E-state index contributed by atoms with van der Waals surface area (Å²) < 4.78 is 1.89. The third kappa shape index (κ3) is 3.81. The first kappa shape index (κ1) is 21.5. The van der Waals surface area contributed by atoms with Crippen molar-refractivity contribution in [1.29, 1.82) is 0 Å². The first-order valence-electron chi connectivity index (χ1n) is 10.6. The fraction of sp³-hybridized carbons (Fsp3) is 0.348. The smallest absolute Gasteiger partial charge is 0.318 e. The molecule has 0 bridgehead atoms. The molecule has 1 aliphatic carbocycles. The minimum atomic E-state index is -0.702. The number of hydrogen-bond acceptors (Lipinski definition) is 5. The lowest BCUT2D eigenvalue weighted by Gasteiger charge is -2.35. The van der Waals surface area contributed by atoms with Crippen molar-refractivity contribution in [2.75, 3.05) is 0 Å². The number of carbonyl (C=O) groups excluding carboxylic acids is 3. The summed E-state index contributed by atoms with van der Waals surface area (Å²) in [5.41, 5.74) is 2.93. The van der Waals surface area contributed by atoms with Gasteiger partial charge in [-0.05, 0) is 56.5 Å². The maximum Gasteiger partial charge on any atom is 0.331 e. The van der Waals surface area contributed by atoms with E-state index in [4.69, 9.17) is 0 Å². The quantitative estimate of drug-likeness (QED) is 0.339. The van der Waals surface area contributed by atoms with Gasteiger partial charge in [0.05, 0.1) is 4.92 Å². The zero-order valence-electron chi connectivity index (χ0n) is 18.0. The standard InChI is InChI=1S/C23H24N4O5/c1-14-12-16(15(2)25(14)18-8-10-19(11-9-18)27(31)32)13-20-21(28)24-23(30)26(22(20)29)17-6-4-3-5-7-17/h8-13,17H,3-7H2,1-2H3,(H,24,28,30)/b20-13+. The Labute approximate surface area is 184 Å². The lowest BCUT2D eigenvalue weighted by Crippen LogP contribution is -2.58. The van der Waals surface area contributed by atoms with Gasteiger partial charge in [0.15, 0.2) is 0 Å². The molecule has 32 heavy (non-hydrogen) atoms. The number of aryl methyl sites for hydroxylation is 1. The third-order valence-electron chi connectivity index (χ3n) is 6.16. The predicted octanol–water partition coefficient (Wildman–Crippen LogP) is 3.80. The van der Waals surface area contributed by atoms with Crippen LogP contribution in [0.3, 0.4) is 0 Å². The summed E-state index contributed by atoms with van der Waals surface area (Å²) in [5.74, 6) is -1.27. The van der Waals surface area contributed by atoms with Crippen molar-refractivity contribution in [3.05, 3.63) is 63.0 Å². The van der Waals surface area contributed by atoms with Gasteiger partial charge in [-0.2, -0.15) is 0 Å². The SMILES string of the molecule is Cc1cc(/C=C2\C(=O)NC(=O)N(C3CCCCC3)C2=O)c(C)n1-c1ccc([N+](=O)[O-])cc1. The van der Waals surface area contributed by atoms with Crippen LogP contribution in [0.4, 0.5) is 10.5 Å². The van der Waals surface area contributed by atoms with Gasteiger partial charge < -0.3 is 4.57 Å². The Morgan fingerprint density at radius 1 is 1.06 bits per heavy atom. The average Bonchev–Trinajstić information content (AvgIpc) is 3.04. The Hall–Kier alpha value is -3.75. The molecule has 1 aromatic carbocycles. The number of rotatable bonds is 4. The highest BCUT2D eigenvalue weighted by Gasteiger charge is 2.40. The topological polar surface area (TPSA) is 115 Å². The van der Waals surface area contributed by atoms with Crippen LogP contribution in [-0.4, -0.2) is 38.3 Å². The molecule has 1 aliphatic heterocycles. The van der Waals surface area contributed by atoms with E-state index < -0.39 is 22.8 Å². The summed E-state index contributed by atoms with van der Waals surface area (Å²) >= 11 is 0. The number of nitro benzene ring substituents is 1. The van der Waals surface area contributed by atoms with E-state index in [1.54, 1.807) is 12.1 Å². The highest BCUT2D eigenvalue weighted by Crippen LogP contribution is 2.28. The summed E-state index contributed by atoms with van der Waals surface area (Å²) in [7, 11) is 0. The second-order valence-corrected chi connectivity index (χ2v) is 8.22. The van der Waals surface area contributed by atoms with Crippen molar-refractivity contribution in [3.8, 4) is 5.69 Å². The van der Waals surface area contributed by atoms with E-state index in [-0.39, 0.29) is 17.3 Å². The van der Waals surface area contributed by atoms with Crippen molar-refractivity contribution in [2.24, 2.45) is 0 Å². The molecule has 9 heteroatoms. The summed E-state index contributed by atoms with van der Waals surface area (Å²) in [6.07, 6.45) is 5.99. The minimum absolute atomic E-state index is 0.00417. The Morgan fingerprint density at radius 3 is 2.34 bits per heavy atom. The maximum atomic E-state index is 13.1. The number of aromatic nitrogens is 1. The molecule has 4 amide bonds. The van der Waals surface area contributed by atoms with Crippen molar-refractivity contribution >= 4 is 29.6 Å². The van der Waals surface area contributed by atoms with Crippen LogP contribution in [0, 0.1) is 24.0 Å². The van der Waals surface area contributed by atoms with Crippen molar-refractivity contribution in [3.63, 3.8) is 0 Å². The van der Waals surface area contributed by atoms with E-state index >= 15 is 0 Å². The first-order chi connectivity index (χ1) is 15.3. The largest absolute Gasteiger partial charge is 0.331 e. The lowest BCUT2D eigenvalue weighted by molar-refractivity contribution is -0.384. The normalized spacial score (nSPS) is 18.9. The number of nitrogens with one attached hydrogen (secondary N) is 1. The number of imide groups is 2. The van der Waals surface area contributed by atoms with Gasteiger partial charge in [-0.3, -0.25) is 29.9 Å². The van der Waals surface area contributed by atoms with Crippen LogP contribution in [0.2, 0.25) is 0 Å². The number of nitro groups is 1. The fourth-order valence-corrected chi connectivity index (χ4v) is 4.55. The van der Waals surface area contributed by atoms with E-state index in [1.807, 2.05) is 24.5 Å². The number of urea groups is 1. The van der Waals surface area contributed by atoms with Crippen molar-refractivity contribution < 1.29 is 19.3 Å². The highest BCUT2D eigenvalue weighted by atomic mass is 16.6. The summed E-state index contributed by atoms with van der Waals surface area (Å²) in [6.45, 7) is 3.72. The number of barbiturate groups is 1. The van der Waals surface area contributed by atoms with E-state index in [9.17, 15) is 24.5 Å². The summed E-state index contributed by atoms with van der Waals surface area (Å²) in [4.78, 5) is 49.7. The van der Waals surface area contributed by atoms with Gasteiger partial charge in [-0.1, -0.05) is 19.3 Å². The van der Waals surface area contributed by atoms with Crippen LogP contribution in [0.5, 0.6) is 0 Å². The maximum absolute atomic E-state index is 13.1. The van der Waals surface area contributed by atoms with Crippen LogP contribution >= 0.6 is 0 Å². The molecule has 2 heterocycles. The predicted molar refractivity (Wildman–Crippen MR) is 117 cm³/mol. The second-order valence-electron chi connectivity index (χ2n) is 8.22. The van der Waals surface area contributed by atoms with Gasteiger partial charge in [0.25, 0.3) is 17.5 Å². The molecule has 9 nitrogen and oxygen atoms in total. The zero-order valence-corrected chi connectivity index (χ0v) is 18.0. The molecule has 1 saturated carbocycles. The van der Waals surface area contributed by atoms with Crippen LogP contribution in [0.1, 0.15) is 49.1 Å². The van der Waals surface area contributed by atoms with Crippen LogP contribution in [-0.2, 0) is 9.59 Å². The Kier molecular flexibility index (Phi) is 5.65. The van der Waals surface area contributed by atoms with Gasteiger partial charge in [0, 0.05) is 35.2 Å². The highest BCUT2D eigenvalue weighted by molar-refractivity contribution is 6.31. The molecule has 1 saturated heterocycles. The summed E-state index contributed by atoms with van der Waals surface area (Å²) in [5, 5.41) is 13.2. The number of benzene rings is 1. The monoisotopic (exact) mass is 436 g/mol. The lowest BCUT2D eigenvalue weighted by atomic mass is 9.93. The molecule has 166 valence electrons. The summed E-state index contributed by atoms with van der Waals surface area (Å²) in [6, 6.07) is 7.15. The molecule has 2 aliphatic rings. The Morgan fingerprint density at radius 2 is 1.72 bits per heavy atom. The number of nitrogens with zero attached hydrogens (tertiary/aromatic N) is 3. The molecule has 0 unspecified atom stereocenters. The van der Waals surface area contributed by atoms with Gasteiger partial charge in [0.1, 0.15) is 5.57 Å². The molecule has 1 N–H and O–H groups in total. The van der Waals surface area contributed by atoms with E-state index in [2.05, 4.69) is 5.32 Å². The van der Waals surface area contributed by atoms with Gasteiger partial charge in [-0.15, -0.1) is 0 Å². The van der Waals surface area contributed by atoms with Crippen LogP contribution in [0.15, 0.2) is 35.9 Å². The fourth-order valence-electron chi connectivity index (χ4n) is 4.55. The molecule has 0 radical (unpaired) electrons. The van der Waals surface area contributed by atoms with Gasteiger partial charge in [0.2, 0.25) is 0 Å². The number of hydrogen-bond donors (Lipinski definition) is 1. The van der Waals surface area contributed by atoms with Gasteiger partial charge >= 0.3 is 6.03 Å². The first-order valence-corrected chi connectivity index (χ1v) is 10.6. The Balaban J connectivity index is 1.69. The molecular formula is C23H24N4O5. The molecule has 4 rings (SSSR count). The number of carbonyl (C=O) groups is 3. The van der Waals surface area contributed by atoms with E-state index in [0.29, 0.717) is 5.56 Å². The average molecular weight is 436 g/mol. The number of amides is 4. The molecule has 0 atom stereocenters. The van der Waals surface area contributed by atoms with Crippen LogP contribution < -0.4 is 5.32 Å². The van der Waals surface area contributed by atoms with E-state index in [0.717, 1.165) is 49.2 Å². The van der Waals surface area contributed by atoms with Gasteiger partial charge in [-0.25, -0.2) is 4.79 Å². The molecule has 2 aromatic rings.